The summed E-state index contributed by atoms with van der Waals surface area (Å²) < 4.78 is 5.07. The molecule has 1 N–H and O–H groups in total. The third-order valence-corrected chi connectivity index (χ3v) is 1.46. The molecule has 0 saturated heterocycles. The maximum absolute atomic E-state index is 11.7. The smallest absolute Gasteiger partial charge is 0.355 e. The van der Waals surface area contributed by atoms with E-state index in [9.17, 15) is 9.59 Å². The number of carbonyl (C=O) groups is 2. The Morgan fingerprint density at radius 2 is 1.82 bits per heavy atom. The van der Waals surface area contributed by atoms with Crippen molar-refractivity contribution in [1.82, 2.24) is 5.32 Å². The second-order valence-electron chi connectivity index (χ2n) is 4.33. The zero-order valence-corrected chi connectivity index (χ0v) is 10.6. The Morgan fingerprint density at radius 3 is 2.18 bits per heavy atom. The Hall–Kier alpha value is -2.01. The highest BCUT2D eigenvalue weighted by Crippen LogP contribution is 2.12. The molecule has 0 saturated carbocycles. The van der Waals surface area contributed by atoms with Crippen molar-refractivity contribution in [3.8, 4) is 0 Å². The van der Waals surface area contributed by atoms with E-state index < -0.39 is 17.5 Å². The van der Waals surface area contributed by atoms with Crippen molar-refractivity contribution >= 4 is 11.9 Å². The molecule has 17 heavy (non-hydrogen) atoms. The van der Waals surface area contributed by atoms with E-state index in [1.165, 1.54) is 13.8 Å². The van der Waals surface area contributed by atoms with Gasteiger partial charge in [-0.1, -0.05) is 5.11 Å². The third kappa shape index (κ3) is 6.21. The Labute approximate surface area is 99.5 Å². The minimum Gasteiger partial charge on any atom is -0.455 e. The van der Waals surface area contributed by atoms with E-state index in [0.29, 0.717) is 0 Å². The standard InChI is InChI=1S/C10H16N4O3/c1-6(13-14-11)8(12-7(2)15)9(16)17-10(3,4)5/h1-5H3,(H,12,15)/b8-6-. The van der Waals surface area contributed by atoms with Gasteiger partial charge >= 0.3 is 5.97 Å². The number of carbonyl (C=O) groups excluding carboxylic acids is 2. The van der Waals surface area contributed by atoms with Gasteiger partial charge in [0.15, 0.2) is 0 Å². The molecule has 7 nitrogen and oxygen atoms in total. The Morgan fingerprint density at radius 1 is 1.29 bits per heavy atom. The summed E-state index contributed by atoms with van der Waals surface area (Å²) in [7, 11) is 0. The molecule has 7 heteroatoms. The largest absolute Gasteiger partial charge is 0.455 e. The van der Waals surface area contributed by atoms with Gasteiger partial charge in [-0.3, -0.25) is 4.79 Å². The molecule has 0 aliphatic rings. The Kier molecular flexibility index (Phi) is 5.21. The lowest BCUT2D eigenvalue weighted by molar-refractivity contribution is -0.151. The van der Waals surface area contributed by atoms with E-state index in [4.69, 9.17) is 10.3 Å². The first kappa shape index (κ1) is 15.0. The molecule has 1 amide bonds. The van der Waals surface area contributed by atoms with Crippen LogP contribution in [-0.2, 0) is 14.3 Å². The number of ether oxygens (including phenoxy) is 1. The van der Waals surface area contributed by atoms with Crippen molar-refractivity contribution in [2.45, 2.75) is 40.2 Å². The fourth-order valence-corrected chi connectivity index (χ4v) is 0.911. The summed E-state index contributed by atoms with van der Waals surface area (Å²) in [5.74, 6) is -1.18. The molecule has 0 unspecified atom stereocenters. The molecular weight excluding hydrogens is 224 g/mol. The fourth-order valence-electron chi connectivity index (χ4n) is 0.911. The molecule has 0 fully saturated rings. The third-order valence-electron chi connectivity index (χ3n) is 1.46. The predicted molar refractivity (Wildman–Crippen MR) is 61.5 cm³/mol. The van der Waals surface area contributed by atoms with Gasteiger partial charge in [0.2, 0.25) is 5.91 Å². The number of rotatable bonds is 3. The molecule has 0 aromatic heterocycles. The van der Waals surface area contributed by atoms with Crippen LogP contribution in [0.5, 0.6) is 0 Å². The Balaban J connectivity index is 5.20. The van der Waals surface area contributed by atoms with Gasteiger partial charge in [-0.25, -0.2) is 4.79 Å². The van der Waals surface area contributed by atoms with Gasteiger partial charge in [0.1, 0.15) is 11.3 Å². The van der Waals surface area contributed by atoms with E-state index >= 15 is 0 Å². The lowest BCUT2D eigenvalue weighted by Crippen LogP contribution is -2.32. The molecular formula is C10H16N4O3. The number of esters is 1. The number of hydrogen-bond donors (Lipinski definition) is 1. The SMILES string of the molecule is CC(=O)N/C(C(=O)OC(C)(C)C)=C(/C)N=[N+]=[N-]. The summed E-state index contributed by atoms with van der Waals surface area (Å²) >= 11 is 0. The zero-order chi connectivity index (χ0) is 13.6. The van der Waals surface area contributed by atoms with Crippen LogP contribution < -0.4 is 5.32 Å². The minimum atomic E-state index is -0.738. The van der Waals surface area contributed by atoms with Crippen molar-refractivity contribution in [2.75, 3.05) is 0 Å². The van der Waals surface area contributed by atoms with Crippen LogP contribution in [0.25, 0.3) is 10.4 Å². The molecule has 0 heterocycles. The van der Waals surface area contributed by atoms with Crippen LogP contribution in [0.2, 0.25) is 0 Å². The second kappa shape index (κ2) is 5.91. The van der Waals surface area contributed by atoms with Crippen LogP contribution in [0.3, 0.4) is 0 Å². The van der Waals surface area contributed by atoms with Crippen LogP contribution in [0.15, 0.2) is 16.5 Å². The van der Waals surface area contributed by atoms with Crippen LogP contribution >= 0.6 is 0 Å². The van der Waals surface area contributed by atoms with Crippen molar-refractivity contribution in [3.63, 3.8) is 0 Å². The van der Waals surface area contributed by atoms with Crippen molar-refractivity contribution in [2.24, 2.45) is 5.11 Å². The summed E-state index contributed by atoms with van der Waals surface area (Å²) in [6, 6.07) is 0. The summed E-state index contributed by atoms with van der Waals surface area (Å²) in [6.45, 7) is 7.74. The molecule has 0 rings (SSSR count). The number of hydrogen-bond acceptors (Lipinski definition) is 4. The molecule has 0 bridgehead atoms. The van der Waals surface area contributed by atoms with E-state index in [1.54, 1.807) is 20.8 Å². The van der Waals surface area contributed by atoms with E-state index in [1.807, 2.05) is 0 Å². The van der Waals surface area contributed by atoms with E-state index in [2.05, 4.69) is 15.3 Å². The van der Waals surface area contributed by atoms with Crippen molar-refractivity contribution < 1.29 is 14.3 Å². The lowest BCUT2D eigenvalue weighted by atomic mass is 10.2. The summed E-state index contributed by atoms with van der Waals surface area (Å²) in [6.07, 6.45) is 0. The fraction of sp³-hybridized carbons (Fsp3) is 0.600. The molecule has 0 aromatic rings. The zero-order valence-electron chi connectivity index (χ0n) is 10.6. The van der Waals surface area contributed by atoms with E-state index in [-0.39, 0.29) is 11.4 Å². The van der Waals surface area contributed by atoms with Crippen LogP contribution in [0, 0.1) is 0 Å². The molecule has 0 radical (unpaired) electrons. The van der Waals surface area contributed by atoms with Gasteiger partial charge in [-0.15, -0.1) is 0 Å². The average Bonchev–Trinajstić information content (AvgIpc) is 2.11. The van der Waals surface area contributed by atoms with Crippen molar-refractivity contribution in [3.05, 3.63) is 21.8 Å². The maximum Gasteiger partial charge on any atom is 0.355 e. The first-order chi connectivity index (χ1) is 7.67. The molecule has 0 aromatic carbocycles. The average molecular weight is 240 g/mol. The number of allylic oxidation sites excluding steroid dienone is 1. The van der Waals surface area contributed by atoms with E-state index in [0.717, 1.165) is 0 Å². The van der Waals surface area contributed by atoms with Crippen LogP contribution in [0.4, 0.5) is 0 Å². The minimum absolute atomic E-state index is 0.0527. The highest BCUT2D eigenvalue weighted by atomic mass is 16.6. The molecule has 0 spiro atoms. The maximum atomic E-state index is 11.7. The summed E-state index contributed by atoms with van der Waals surface area (Å²) in [5, 5.41) is 5.56. The molecule has 0 atom stereocenters. The lowest BCUT2D eigenvalue weighted by Gasteiger charge is -2.21. The van der Waals surface area contributed by atoms with Crippen LogP contribution in [0.1, 0.15) is 34.6 Å². The highest BCUT2D eigenvalue weighted by molar-refractivity contribution is 5.94. The van der Waals surface area contributed by atoms with Crippen molar-refractivity contribution in [1.29, 1.82) is 0 Å². The second-order valence-corrected chi connectivity index (χ2v) is 4.33. The number of nitrogens with one attached hydrogen (secondary N) is 1. The van der Waals surface area contributed by atoms with Gasteiger partial charge < -0.3 is 10.1 Å². The van der Waals surface area contributed by atoms with Gasteiger partial charge in [0, 0.05) is 17.5 Å². The highest BCUT2D eigenvalue weighted by Gasteiger charge is 2.22. The molecule has 94 valence electrons. The van der Waals surface area contributed by atoms with Gasteiger partial charge in [0.05, 0.1) is 0 Å². The monoisotopic (exact) mass is 240 g/mol. The summed E-state index contributed by atoms with van der Waals surface area (Å²) in [5.41, 5.74) is 7.50. The van der Waals surface area contributed by atoms with Crippen LogP contribution in [-0.4, -0.2) is 17.5 Å². The van der Waals surface area contributed by atoms with Gasteiger partial charge in [-0.05, 0) is 33.2 Å². The van der Waals surface area contributed by atoms with Gasteiger partial charge in [-0.2, -0.15) is 0 Å². The predicted octanol–water partition coefficient (Wildman–Crippen LogP) is 2.01. The summed E-state index contributed by atoms with van der Waals surface area (Å²) in [4.78, 5) is 25.2. The normalized spacial score (nSPS) is 12.1. The topological polar surface area (TPSA) is 104 Å². The Bertz CT molecular complexity index is 400. The molecule has 0 aliphatic heterocycles. The molecule has 0 aliphatic carbocycles. The first-order valence-electron chi connectivity index (χ1n) is 4.94. The number of azide groups is 1. The van der Waals surface area contributed by atoms with Gasteiger partial charge in [0.25, 0.3) is 0 Å². The number of amides is 1. The first-order valence-corrected chi connectivity index (χ1v) is 4.94. The quantitative estimate of drug-likeness (QED) is 0.268. The number of nitrogens with zero attached hydrogens (tertiary/aromatic N) is 3.